The SMILES string of the molecule is CC[Si](C#Cc1cccc(C)c1C)(CC)CC. The van der Waals surface area contributed by atoms with Gasteiger partial charge in [0.05, 0.1) is 0 Å². The molecule has 0 spiro atoms. The van der Waals surface area contributed by atoms with Gasteiger partial charge in [0.25, 0.3) is 0 Å². The molecule has 0 fully saturated rings. The standard InChI is InChI=1S/C16H24Si/c1-6-17(7-2,8-3)13-12-16-11-9-10-14(4)15(16)5/h9-11H,6-8H2,1-5H3. The lowest BCUT2D eigenvalue weighted by Crippen LogP contribution is -2.29. The van der Waals surface area contributed by atoms with Gasteiger partial charge in [-0.2, -0.15) is 0 Å². The Bertz CT molecular complexity index is 422. The summed E-state index contributed by atoms with van der Waals surface area (Å²) in [4.78, 5) is 0. The van der Waals surface area contributed by atoms with E-state index >= 15 is 0 Å². The quantitative estimate of drug-likeness (QED) is 0.534. The van der Waals surface area contributed by atoms with Gasteiger partial charge in [-0.15, -0.1) is 5.54 Å². The summed E-state index contributed by atoms with van der Waals surface area (Å²) in [6.45, 7) is 11.2. The van der Waals surface area contributed by atoms with Crippen LogP contribution in [-0.2, 0) is 0 Å². The summed E-state index contributed by atoms with van der Waals surface area (Å²) in [7, 11) is -1.30. The molecule has 0 aliphatic heterocycles. The lowest BCUT2D eigenvalue weighted by molar-refractivity contribution is 1.20. The molecule has 0 saturated carbocycles. The second-order valence-corrected chi connectivity index (χ2v) is 9.77. The number of hydrogen-bond acceptors (Lipinski definition) is 0. The average molecular weight is 244 g/mol. The molecule has 0 amide bonds. The molecule has 1 rings (SSSR count). The van der Waals surface area contributed by atoms with Gasteiger partial charge in [-0.05, 0) is 49.2 Å². The highest BCUT2D eigenvalue weighted by Gasteiger charge is 2.24. The molecule has 1 aromatic rings. The van der Waals surface area contributed by atoms with E-state index in [0.29, 0.717) is 0 Å². The molecule has 0 radical (unpaired) electrons. The van der Waals surface area contributed by atoms with Crippen molar-refractivity contribution < 1.29 is 0 Å². The highest BCUT2D eigenvalue weighted by Crippen LogP contribution is 2.19. The van der Waals surface area contributed by atoms with Crippen molar-refractivity contribution in [2.75, 3.05) is 0 Å². The molecule has 0 aliphatic carbocycles. The molecule has 0 bridgehead atoms. The topological polar surface area (TPSA) is 0 Å². The van der Waals surface area contributed by atoms with E-state index in [-0.39, 0.29) is 0 Å². The Morgan fingerprint density at radius 3 is 2.12 bits per heavy atom. The molecule has 0 aliphatic rings. The third kappa shape index (κ3) is 3.23. The third-order valence-corrected chi connectivity index (χ3v) is 8.81. The molecular formula is C16H24Si. The van der Waals surface area contributed by atoms with Crippen LogP contribution in [-0.4, -0.2) is 8.07 Å². The van der Waals surface area contributed by atoms with Gasteiger partial charge in [0.1, 0.15) is 8.07 Å². The third-order valence-electron chi connectivity index (χ3n) is 4.10. The van der Waals surface area contributed by atoms with Crippen molar-refractivity contribution in [1.29, 1.82) is 0 Å². The zero-order valence-corrected chi connectivity index (χ0v) is 12.9. The lowest BCUT2D eigenvalue weighted by Gasteiger charge is -2.20. The zero-order valence-electron chi connectivity index (χ0n) is 11.9. The Balaban J connectivity index is 3.09. The molecule has 0 unspecified atom stereocenters. The van der Waals surface area contributed by atoms with Gasteiger partial charge < -0.3 is 0 Å². The second-order valence-electron chi connectivity index (χ2n) is 4.84. The van der Waals surface area contributed by atoms with E-state index in [4.69, 9.17) is 0 Å². The van der Waals surface area contributed by atoms with Gasteiger partial charge in [0.15, 0.2) is 0 Å². The fraction of sp³-hybridized carbons (Fsp3) is 0.500. The van der Waals surface area contributed by atoms with Crippen LogP contribution >= 0.6 is 0 Å². The number of benzene rings is 1. The molecule has 17 heavy (non-hydrogen) atoms. The number of hydrogen-bond donors (Lipinski definition) is 0. The van der Waals surface area contributed by atoms with Gasteiger partial charge in [-0.1, -0.05) is 38.8 Å². The fourth-order valence-corrected chi connectivity index (χ4v) is 4.53. The van der Waals surface area contributed by atoms with Crippen LogP contribution in [0.1, 0.15) is 37.5 Å². The van der Waals surface area contributed by atoms with Crippen molar-refractivity contribution in [1.82, 2.24) is 0 Å². The first-order valence-corrected chi connectivity index (χ1v) is 9.30. The monoisotopic (exact) mass is 244 g/mol. The molecule has 0 nitrogen and oxygen atoms in total. The molecule has 0 N–H and O–H groups in total. The zero-order chi connectivity index (χ0) is 12.9. The van der Waals surface area contributed by atoms with Crippen LogP contribution in [0.3, 0.4) is 0 Å². The first-order valence-electron chi connectivity index (χ1n) is 6.68. The Labute approximate surface area is 107 Å². The van der Waals surface area contributed by atoms with E-state index in [1.165, 1.54) is 34.8 Å². The van der Waals surface area contributed by atoms with Crippen LogP contribution in [0.4, 0.5) is 0 Å². The maximum atomic E-state index is 3.66. The van der Waals surface area contributed by atoms with E-state index in [1.54, 1.807) is 0 Å². The minimum Gasteiger partial charge on any atom is -0.126 e. The van der Waals surface area contributed by atoms with Crippen LogP contribution in [0.25, 0.3) is 0 Å². The minimum atomic E-state index is -1.30. The Kier molecular flexibility index (Phi) is 5.02. The fourth-order valence-electron chi connectivity index (χ4n) is 2.10. The highest BCUT2D eigenvalue weighted by molar-refractivity contribution is 6.87. The number of rotatable bonds is 3. The van der Waals surface area contributed by atoms with Gasteiger partial charge in [-0.25, -0.2) is 0 Å². The van der Waals surface area contributed by atoms with E-state index in [0.717, 1.165) is 0 Å². The molecule has 92 valence electrons. The van der Waals surface area contributed by atoms with Crippen LogP contribution in [0.2, 0.25) is 18.1 Å². The molecule has 0 aromatic heterocycles. The number of aryl methyl sites for hydroxylation is 1. The van der Waals surface area contributed by atoms with E-state index in [1.807, 2.05) is 0 Å². The maximum absolute atomic E-state index is 3.66. The van der Waals surface area contributed by atoms with Crippen molar-refractivity contribution in [3.05, 3.63) is 34.9 Å². The van der Waals surface area contributed by atoms with Crippen molar-refractivity contribution in [2.24, 2.45) is 0 Å². The first kappa shape index (κ1) is 14.1. The van der Waals surface area contributed by atoms with Crippen LogP contribution < -0.4 is 0 Å². The van der Waals surface area contributed by atoms with Gasteiger partial charge in [0.2, 0.25) is 0 Å². The smallest absolute Gasteiger partial charge is 0.126 e. The van der Waals surface area contributed by atoms with Gasteiger partial charge in [-0.3, -0.25) is 0 Å². The van der Waals surface area contributed by atoms with E-state index in [2.05, 4.69) is 64.3 Å². The lowest BCUT2D eigenvalue weighted by atomic mass is 10.0. The van der Waals surface area contributed by atoms with Crippen LogP contribution in [0.15, 0.2) is 18.2 Å². The molecule has 0 saturated heterocycles. The predicted octanol–water partition coefficient (Wildman–Crippen LogP) is 4.70. The molecule has 0 heterocycles. The Morgan fingerprint density at radius 1 is 1.00 bits per heavy atom. The van der Waals surface area contributed by atoms with Gasteiger partial charge in [0, 0.05) is 5.56 Å². The average Bonchev–Trinajstić information content (AvgIpc) is 2.36. The van der Waals surface area contributed by atoms with Crippen molar-refractivity contribution in [3.8, 4) is 11.5 Å². The van der Waals surface area contributed by atoms with Crippen molar-refractivity contribution >= 4 is 8.07 Å². The Morgan fingerprint density at radius 2 is 1.59 bits per heavy atom. The molecule has 0 atom stereocenters. The summed E-state index contributed by atoms with van der Waals surface area (Å²) in [6, 6.07) is 10.2. The molecule has 1 heteroatoms. The summed E-state index contributed by atoms with van der Waals surface area (Å²) >= 11 is 0. The predicted molar refractivity (Wildman–Crippen MR) is 80.0 cm³/mol. The molecular weight excluding hydrogens is 220 g/mol. The highest BCUT2D eigenvalue weighted by atomic mass is 28.3. The van der Waals surface area contributed by atoms with Gasteiger partial charge >= 0.3 is 0 Å². The van der Waals surface area contributed by atoms with Crippen LogP contribution in [0, 0.1) is 25.3 Å². The summed E-state index contributed by atoms with van der Waals surface area (Å²) in [5.74, 6) is 3.46. The van der Waals surface area contributed by atoms with Crippen molar-refractivity contribution in [3.63, 3.8) is 0 Å². The minimum absolute atomic E-state index is 1.22. The maximum Gasteiger partial charge on any atom is 0.138 e. The normalized spacial score (nSPS) is 10.9. The first-order chi connectivity index (χ1) is 8.08. The van der Waals surface area contributed by atoms with E-state index in [9.17, 15) is 0 Å². The Hall–Kier alpha value is -1.00. The van der Waals surface area contributed by atoms with Crippen LogP contribution in [0.5, 0.6) is 0 Å². The summed E-state index contributed by atoms with van der Waals surface area (Å²) < 4.78 is 0. The van der Waals surface area contributed by atoms with Crippen molar-refractivity contribution in [2.45, 2.75) is 52.8 Å². The summed E-state index contributed by atoms with van der Waals surface area (Å²) in [5, 5.41) is 0. The second kappa shape index (κ2) is 6.07. The van der Waals surface area contributed by atoms with E-state index < -0.39 is 8.07 Å². The summed E-state index contributed by atoms with van der Waals surface area (Å²) in [5.41, 5.74) is 7.56. The summed E-state index contributed by atoms with van der Waals surface area (Å²) in [6.07, 6.45) is 0. The molecule has 1 aromatic carbocycles. The largest absolute Gasteiger partial charge is 0.138 e.